The van der Waals surface area contributed by atoms with Gasteiger partial charge >= 0.3 is 0 Å². The Kier molecular flexibility index (Phi) is 6.39. The fourth-order valence-corrected chi connectivity index (χ4v) is 3.24. The molecule has 1 amide bonds. The lowest BCUT2D eigenvalue weighted by Gasteiger charge is -2.22. The summed E-state index contributed by atoms with van der Waals surface area (Å²) in [6.07, 6.45) is 7.03. The van der Waals surface area contributed by atoms with Crippen molar-refractivity contribution in [2.24, 2.45) is 5.16 Å². The monoisotopic (exact) mass is 348 g/mol. The Labute approximate surface area is 147 Å². The highest BCUT2D eigenvalue weighted by Crippen LogP contribution is 2.20. The van der Waals surface area contributed by atoms with Gasteiger partial charge in [0, 0.05) is 25.1 Å². The van der Waals surface area contributed by atoms with Crippen LogP contribution in [0.25, 0.3) is 0 Å². The van der Waals surface area contributed by atoms with E-state index in [0.717, 1.165) is 19.3 Å². The van der Waals surface area contributed by atoms with E-state index in [2.05, 4.69) is 10.5 Å². The molecule has 136 valence electrons. The number of carbonyl (C=O) groups is 1. The van der Waals surface area contributed by atoms with Crippen molar-refractivity contribution in [2.75, 3.05) is 13.2 Å². The summed E-state index contributed by atoms with van der Waals surface area (Å²) < 4.78 is 19.1. The fraction of sp³-hybridized carbons (Fsp3) is 0.579. The maximum atomic E-state index is 13.3. The molecule has 1 unspecified atom stereocenters. The smallest absolute Gasteiger partial charge is 0.264 e. The van der Waals surface area contributed by atoms with Gasteiger partial charge in [-0.3, -0.25) is 4.79 Å². The van der Waals surface area contributed by atoms with Gasteiger partial charge in [0.05, 0.1) is 11.8 Å². The molecule has 1 fully saturated rings. The third kappa shape index (κ3) is 5.26. The highest BCUT2D eigenvalue weighted by Gasteiger charge is 2.28. The average molecular weight is 348 g/mol. The van der Waals surface area contributed by atoms with Crippen LogP contribution >= 0.6 is 0 Å². The molecule has 3 rings (SSSR count). The van der Waals surface area contributed by atoms with E-state index in [4.69, 9.17) is 9.57 Å². The number of benzene rings is 1. The van der Waals surface area contributed by atoms with Gasteiger partial charge in [-0.25, -0.2) is 4.39 Å². The van der Waals surface area contributed by atoms with Crippen molar-refractivity contribution >= 4 is 11.6 Å². The van der Waals surface area contributed by atoms with Crippen LogP contribution in [0.1, 0.15) is 50.5 Å². The molecule has 1 aromatic rings. The minimum atomic E-state index is -0.641. The van der Waals surface area contributed by atoms with Gasteiger partial charge in [-0.05, 0) is 31.4 Å². The van der Waals surface area contributed by atoms with Crippen molar-refractivity contribution in [3.63, 3.8) is 0 Å². The second-order valence-electron chi connectivity index (χ2n) is 6.62. The van der Waals surface area contributed by atoms with Gasteiger partial charge in [-0.1, -0.05) is 36.6 Å². The average Bonchev–Trinajstić information content (AvgIpc) is 3.12. The van der Waals surface area contributed by atoms with Gasteiger partial charge in [0.25, 0.3) is 5.91 Å². The molecule has 0 spiro atoms. The highest BCUT2D eigenvalue weighted by molar-refractivity contribution is 6.04. The molecule has 1 heterocycles. The number of halogens is 1. The van der Waals surface area contributed by atoms with E-state index in [-0.39, 0.29) is 11.7 Å². The highest BCUT2D eigenvalue weighted by atomic mass is 19.1. The first kappa shape index (κ1) is 17.9. The number of nitrogens with one attached hydrogen (secondary N) is 1. The molecule has 5 nitrogen and oxygen atoms in total. The van der Waals surface area contributed by atoms with E-state index in [1.165, 1.54) is 31.4 Å². The van der Waals surface area contributed by atoms with Crippen LogP contribution in [0.5, 0.6) is 0 Å². The second kappa shape index (κ2) is 8.94. The van der Waals surface area contributed by atoms with E-state index in [9.17, 15) is 9.18 Å². The van der Waals surface area contributed by atoms with Crippen molar-refractivity contribution in [2.45, 2.75) is 57.2 Å². The maximum Gasteiger partial charge on any atom is 0.264 e. The zero-order valence-electron chi connectivity index (χ0n) is 14.4. The quantitative estimate of drug-likeness (QED) is 0.770. The summed E-state index contributed by atoms with van der Waals surface area (Å²) in [5.41, 5.74) is 1.25. The predicted molar refractivity (Wildman–Crippen MR) is 92.9 cm³/mol. The van der Waals surface area contributed by atoms with Crippen molar-refractivity contribution in [3.05, 3.63) is 35.6 Å². The Bertz CT molecular complexity index is 614. The topological polar surface area (TPSA) is 59.9 Å². The minimum Gasteiger partial charge on any atom is -0.382 e. The molecule has 1 saturated carbocycles. The Balaban J connectivity index is 1.33. The normalized spacial score (nSPS) is 20.8. The number of nitrogens with zero attached hydrogens (tertiary/aromatic N) is 1. The van der Waals surface area contributed by atoms with E-state index < -0.39 is 6.10 Å². The molecule has 1 aromatic carbocycles. The Morgan fingerprint density at radius 1 is 1.32 bits per heavy atom. The van der Waals surface area contributed by atoms with Crippen LogP contribution in [0.15, 0.2) is 29.4 Å². The largest absolute Gasteiger partial charge is 0.382 e. The Hall–Kier alpha value is -1.95. The number of amides is 1. The van der Waals surface area contributed by atoms with Gasteiger partial charge < -0.3 is 14.9 Å². The van der Waals surface area contributed by atoms with Crippen LogP contribution < -0.4 is 5.32 Å². The minimum absolute atomic E-state index is 0.187. The summed E-state index contributed by atoms with van der Waals surface area (Å²) in [7, 11) is 0. The molecular weight excluding hydrogens is 323 g/mol. The zero-order chi connectivity index (χ0) is 17.5. The van der Waals surface area contributed by atoms with Gasteiger partial charge in [-0.15, -0.1) is 0 Å². The standard InChI is InChI=1S/C19H25FN2O3/c20-15-7-4-6-14(12-15)17-13-18(25-22-17)19(23)21-10-5-11-24-16-8-2-1-3-9-16/h4,6-7,12,16,18H,1-3,5,8-11,13H2,(H,21,23). The molecule has 1 atom stereocenters. The van der Waals surface area contributed by atoms with Crippen LogP contribution in [0.4, 0.5) is 4.39 Å². The molecule has 1 aliphatic heterocycles. The van der Waals surface area contributed by atoms with Gasteiger partial charge in [0.15, 0.2) is 0 Å². The second-order valence-corrected chi connectivity index (χ2v) is 6.62. The fourth-order valence-electron chi connectivity index (χ4n) is 3.24. The molecule has 2 aliphatic rings. The first-order valence-electron chi connectivity index (χ1n) is 9.10. The summed E-state index contributed by atoms with van der Waals surface area (Å²) in [6.45, 7) is 1.22. The number of rotatable bonds is 7. The molecule has 0 saturated heterocycles. The SMILES string of the molecule is O=C(NCCCOC1CCCCC1)C1CC(c2cccc(F)c2)=NO1. The molecule has 1 aliphatic carbocycles. The number of carbonyl (C=O) groups excluding carboxylic acids is 1. The molecule has 25 heavy (non-hydrogen) atoms. The first-order chi connectivity index (χ1) is 12.2. The number of hydrogen-bond donors (Lipinski definition) is 1. The summed E-state index contributed by atoms with van der Waals surface area (Å²) in [5.74, 6) is -0.515. The first-order valence-corrected chi connectivity index (χ1v) is 9.10. The van der Waals surface area contributed by atoms with Crippen LogP contribution in [0, 0.1) is 5.82 Å². The summed E-state index contributed by atoms with van der Waals surface area (Å²) >= 11 is 0. The van der Waals surface area contributed by atoms with E-state index in [1.54, 1.807) is 12.1 Å². The van der Waals surface area contributed by atoms with Crippen molar-refractivity contribution in [1.29, 1.82) is 0 Å². The maximum absolute atomic E-state index is 13.3. The van der Waals surface area contributed by atoms with Crippen molar-refractivity contribution in [3.8, 4) is 0 Å². The Morgan fingerprint density at radius 2 is 2.16 bits per heavy atom. The Morgan fingerprint density at radius 3 is 2.96 bits per heavy atom. The third-order valence-electron chi connectivity index (χ3n) is 4.65. The summed E-state index contributed by atoms with van der Waals surface area (Å²) in [4.78, 5) is 17.3. The predicted octanol–water partition coefficient (Wildman–Crippen LogP) is 3.17. The van der Waals surface area contributed by atoms with E-state index in [0.29, 0.717) is 37.0 Å². The summed E-state index contributed by atoms with van der Waals surface area (Å²) in [6, 6.07) is 6.14. The molecule has 1 N–H and O–H groups in total. The zero-order valence-corrected chi connectivity index (χ0v) is 14.4. The number of ether oxygens (including phenoxy) is 1. The molecule has 0 aromatic heterocycles. The lowest BCUT2D eigenvalue weighted by Crippen LogP contribution is -2.35. The molecular formula is C19H25FN2O3. The molecule has 6 heteroatoms. The summed E-state index contributed by atoms with van der Waals surface area (Å²) in [5, 5.41) is 6.77. The van der Waals surface area contributed by atoms with Gasteiger partial charge in [0.1, 0.15) is 5.82 Å². The van der Waals surface area contributed by atoms with Crippen LogP contribution in [0.3, 0.4) is 0 Å². The van der Waals surface area contributed by atoms with Crippen molar-refractivity contribution in [1.82, 2.24) is 5.32 Å². The lowest BCUT2D eigenvalue weighted by atomic mass is 9.98. The van der Waals surface area contributed by atoms with Crippen LogP contribution in [0.2, 0.25) is 0 Å². The number of oxime groups is 1. The van der Waals surface area contributed by atoms with Gasteiger partial charge in [0.2, 0.25) is 6.10 Å². The van der Waals surface area contributed by atoms with Crippen LogP contribution in [-0.4, -0.2) is 37.0 Å². The lowest BCUT2D eigenvalue weighted by molar-refractivity contribution is -0.131. The van der Waals surface area contributed by atoms with Crippen molar-refractivity contribution < 1.29 is 18.8 Å². The molecule has 0 radical (unpaired) electrons. The third-order valence-corrected chi connectivity index (χ3v) is 4.65. The van der Waals surface area contributed by atoms with E-state index in [1.807, 2.05) is 0 Å². The number of hydrogen-bond acceptors (Lipinski definition) is 4. The van der Waals surface area contributed by atoms with E-state index >= 15 is 0 Å². The van der Waals surface area contributed by atoms with Gasteiger partial charge in [-0.2, -0.15) is 0 Å². The molecule has 0 bridgehead atoms. The van der Waals surface area contributed by atoms with Crippen LogP contribution in [-0.2, 0) is 14.4 Å².